The first kappa shape index (κ1) is 35.7. The van der Waals surface area contributed by atoms with E-state index >= 15 is 0 Å². The molecule has 1 spiro atoms. The summed E-state index contributed by atoms with van der Waals surface area (Å²) in [5.41, 5.74) is 1.31. The Hall–Kier alpha value is -1.55. The Morgan fingerprint density at radius 1 is 1.13 bits per heavy atom. The lowest BCUT2D eigenvalue weighted by atomic mass is 9.71. The van der Waals surface area contributed by atoms with Crippen molar-refractivity contribution in [2.45, 2.75) is 160 Å². The van der Waals surface area contributed by atoms with E-state index in [9.17, 15) is 9.90 Å². The second-order valence-corrected chi connectivity index (χ2v) is 21.3. The van der Waals surface area contributed by atoms with Crippen LogP contribution in [0.2, 0.25) is 18.1 Å². The van der Waals surface area contributed by atoms with E-state index in [-0.39, 0.29) is 30.0 Å². The minimum absolute atomic E-state index is 0.0276. The summed E-state index contributed by atoms with van der Waals surface area (Å²) >= 11 is 0. The van der Waals surface area contributed by atoms with Gasteiger partial charge >= 0.3 is 5.97 Å². The Kier molecular flexibility index (Phi) is 10.4. The normalized spacial score (nSPS) is 43.9. The Bertz CT molecular complexity index is 1260. The molecule has 258 valence electrons. The summed E-state index contributed by atoms with van der Waals surface area (Å²) < 4.78 is 33.3. The van der Waals surface area contributed by atoms with E-state index in [0.29, 0.717) is 30.3 Å². The van der Waals surface area contributed by atoms with Gasteiger partial charge in [0.2, 0.25) is 0 Å². The van der Waals surface area contributed by atoms with Crippen LogP contribution in [0.3, 0.4) is 0 Å². The number of esters is 1. The molecule has 0 aromatic rings. The maximum Gasteiger partial charge on any atom is 0.316 e. The van der Waals surface area contributed by atoms with Crippen molar-refractivity contribution < 1.29 is 33.3 Å². The van der Waals surface area contributed by atoms with Gasteiger partial charge in [-0.3, -0.25) is 4.79 Å². The van der Waals surface area contributed by atoms with Gasteiger partial charge in [0.1, 0.15) is 23.7 Å². The third kappa shape index (κ3) is 7.09. The van der Waals surface area contributed by atoms with Crippen LogP contribution in [0.1, 0.15) is 100 Å². The zero-order valence-electron chi connectivity index (χ0n) is 30.1. The molecule has 1 N–H and O–H groups in total. The number of hydrogen-bond donors (Lipinski definition) is 1. The van der Waals surface area contributed by atoms with Gasteiger partial charge in [-0.15, -0.1) is 0 Å². The first-order valence-corrected chi connectivity index (χ1v) is 20.7. The first-order valence-electron chi connectivity index (χ1n) is 17.8. The molecule has 4 heterocycles. The Morgan fingerprint density at radius 3 is 2.57 bits per heavy atom. The Balaban J connectivity index is 1.53. The lowest BCUT2D eigenvalue weighted by Gasteiger charge is -2.50. The van der Waals surface area contributed by atoms with Gasteiger partial charge in [0, 0.05) is 19.3 Å². The van der Waals surface area contributed by atoms with Gasteiger partial charge in [-0.05, 0) is 80.6 Å². The maximum atomic E-state index is 14.4. The van der Waals surface area contributed by atoms with Crippen molar-refractivity contribution >= 4 is 14.3 Å². The van der Waals surface area contributed by atoms with Crippen molar-refractivity contribution in [2.75, 3.05) is 6.61 Å². The Labute approximate surface area is 278 Å². The zero-order valence-corrected chi connectivity index (χ0v) is 31.1. The number of allylic oxidation sites excluding steroid dienone is 4. The second kappa shape index (κ2) is 13.4. The molecule has 0 aromatic heterocycles. The fourth-order valence-corrected chi connectivity index (χ4v) is 9.15. The van der Waals surface area contributed by atoms with Crippen LogP contribution in [0.5, 0.6) is 0 Å². The summed E-state index contributed by atoms with van der Waals surface area (Å²) in [4.78, 5) is 14.4. The molecule has 5 rings (SSSR count). The van der Waals surface area contributed by atoms with Gasteiger partial charge in [0.05, 0.1) is 24.9 Å². The minimum Gasteiger partial charge on any atom is -0.462 e. The lowest BCUT2D eigenvalue weighted by molar-refractivity contribution is -0.335. The van der Waals surface area contributed by atoms with Gasteiger partial charge in [-0.1, -0.05) is 77.5 Å². The smallest absolute Gasteiger partial charge is 0.316 e. The molecule has 0 amide bonds. The van der Waals surface area contributed by atoms with E-state index < -0.39 is 43.8 Å². The van der Waals surface area contributed by atoms with Crippen molar-refractivity contribution in [2.24, 2.45) is 17.8 Å². The minimum atomic E-state index is -2.24. The Morgan fingerprint density at radius 2 is 1.87 bits per heavy atom. The van der Waals surface area contributed by atoms with Crippen molar-refractivity contribution in [3.63, 3.8) is 0 Å². The van der Waals surface area contributed by atoms with Crippen molar-refractivity contribution in [3.05, 3.63) is 47.1 Å². The van der Waals surface area contributed by atoms with Crippen LogP contribution in [-0.2, 0) is 28.2 Å². The average molecular weight is 657 g/mol. The monoisotopic (exact) mass is 656 g/mol. The second-order valence-electron chi connectivity index (χ2n) is 16.5. The maximum absolute atomic E-state index is 14.4. The first-order chi connectivity index (χ1) is 21.5. The van der Waals surface area contributed by atoms with Crippen LogP contribution in [0, 0.1) is 17.8 Å². The molecule has 1 aliphatic carbocycles. The summed E-state index contributed by atoms with van der Waals surface area (Å²) in [6.45, 7) is 22.1. The molecule has 7 nitrogen and oxygen atoms in total. The number of hydrogen-bond acceptors (Lipinski definition) is 7. The predicted molar refractivity (Wildman–Crippen MR) is 184 cm³/mol. The molecule has 3 fully saturated rings. The number of ether oxygens (including phenoxy) is 4. The van der Waals surface area contributed by atoms with E-state index in [1.54, 1.807) is 0 Å². The molecule has 3 saturated heterocycles. The summed E-state index contributed by atoms with van der Waals surface area (Å²) in [7, 11) is -2.24. The van der Waals surface area contributed by atoms with E-state index in [1.165, 1.54) is 5.57 Å². The highest BCUT2D eigenvalue weighted by molar-refractivity contribution is 6.74. The fraction of sp³-hybridized carbons (Fsp3) is 0.763. The zero-order chi connectivity index (χ0) is 33.7. The van der Waals surface area contributed by atoms with Gasteiger partial charge in [0.25, 0.3) is 0 Å². The SMILES string of the molecule is CC[C@H]1O[C@]2(CC[C@@H]1C)C[C@@H]1C[C@@H](C/C=C(\C)C[C@@H](C)/C=C/C=C3\CO[C@@H]4[C@H](O[Si](C)(C)C(C)(C)C)C(C)=C[C@@H](C(=O)O1)[C@]34O)O2. The molecule has 5 aliphatic rings. The van der Waals surface area contributed by atoms with Gasteiger partial charge in [0.15, 0.2) is 14.1 Å². The molecule has 2 bridgehead atoms. The molecule has 0 unspecified atom stereocenters. The van der Waals surface area contributed by atoms with Gasteiger partial charge < -0.3 is 28.5 Å². The molecular formula is C38H60O7Si. The quantitative estimate of drug-likeness (QED) is 0.188. The molecule has 0 radical (unpaired) electrons. The molecule has 4 aliphatic heterocycles. The highest BCUT2D eigenvalue weighted by atomic mass is 28.4. The van der Waals surface area contributed by atoms with E-state index in [1.807, 2.05) is 25.2 Å². The summed E-state index contributed by atoms with van der Waals surface area (Å²) in [5, 5.41) is 12.7. The van der Waals surface area contributed by atoms with Crippen molar-refractivity contribution in [1.29, 1.82) is 0 Å². The topological polar surface area (TPSA) is 83.5 Å². The van der Waals surface area contributed by atoms with Crippen LogP contribution in [0.25, 0.3) is 0 Å². The molecule has 10 atom stereocenters. The molecule has 46 heavy (non-hydrogen) atoms. The fourth-order valence-electron chi connectivity index (χ4n) is 7.86. The van der Waals surface area contributed by atoms with Gasteiger partial charge in [-0.2, -0.15) is 0 Å². The molecular weight excluding hydrogens is 596 g/mol. The molecule has 8 heteroatoms. The third-order valence-electron chi connectivity index (χ3n) is 11.7. The molecule has 0 aromatic carbocycles. The summed E-state index contributed by atoms with van der Waals surface area (Å²) in [6, 6.07) is 0. The highest BCUT2D eigenvalue weighted by Gasteiger charge is 2.61. The number of aliphatic hydroxyl groups is 1. The van der Waals surface area contributed by atoms with Crippen LogP contribution in [0.4, 0.5) is 0 Å². The number of fused-ring (bicyclic) bond motifs is 2. The number of carbonyl (C=O) groups excluding carboxylic acids is 1. The highest BCUT2D eigenvalue weighted by Crippen LogP contribution is 2.50. The van der Waals surface area contributed by atoms with Crippen LogP contribution >= 0.6 is 0 Å². The van der Waals surface area contributed by atoms with Crippen LogP contribution in [-0.4, -0.2) is 67.9 Å². The summed E-state index contributed by atoms with van der Waals surface area (Å²) in [6.07, 6.45) is 14.2. The number of rotatable bonds is 3. The average Bonchev–Trinajstić information content (AvgIpc) is 3.30. The van der Waals surface area contributed by atoms with E-state index in [4.69, 9.17) is 23.4 Å². The lowest BCUT2D eigenvalue weighted by Crippen LogP contribution is -2.60. The summed E-state index contributed by atoms with van der Waals surface area (Å²) in [5.74, 6) is -1.36. The van der Waals surface area contributed by atoms with Crippen molar-refractivity contribution in [1.82, 2.24) is 0 Å². The number of carbonyl (C=O) groups is 1. The van der Waals surface area contributed by atoms with E-state index in [0.717, 1.165) is 37.7 Å². The van der Waals surface area contributed by atoms with E-state index in [2.05, 4.69) is 73.7 Å². The van der Waals surface area contributed by atoms with Crippen LogP contribution < -0.4 is 0 Å². The third-order valence-corrected chi connectivity index (χ3v) is 16.2. The predicted octanol–water partition coefficient (Wildman–Crippen LogP) is 7.95. The van der Waals surface area contributed by atoms with Gasteiger partial charge in [-0.25, -0.2) is 0 Å². The van der Waals surface area contributed by atoms with Crippen LogP contribution in [0.15, 0.2) is 47.1 Å². The standard InChI is InChI=1S/C38H60O7Si/c1-11-32-26(4)17-18-37(44-32)22-30-21-29(43-37)16-15-25(3)19-24(2)13-12-14-28-23-41-34-33(45-46(9,10)36(6,7)8)27(5)20-31(35(39)42-30)38(28,34)40/h12-15,20,24,26,29-34,40H,11,16-19,21-23H2,1-10H3/b13-12+,25-15+,28-14+/t24-,26-,29+,30-,31-,32+,33+,34+,37+,38+/m0/s1. The van der Waals surface area contributed by atoms with Crippen molar-refractivity contribution in [3.8, 4) is 0 Å². The largest absolute Gasteiger partial charge is 0.462 e. The molecule has 0 saturated carbocycles.